The maximum atomic E-state index is 12.9. The van der Waals surface area contributed by atoms with E-state index >= 15 is 0 Å². The fourth-order valence-corrected chi connectivity index (χ4v) is 3.36. The van der Waals surface area contributed by atoms with E-state index in [1.54, 1.807) is 19.1 Å². The number of carbonyl (C=O) groups excluding carboxylic acids is 2. The summed E-state index contributed by atoms with van der Waals surface area (Å²) in [6.45, 7) is 3.07. The second kappa shape index (κ2) is 7.57. The summed E-state index contributed by atoms with van der Waals surface area (Å²) >= 11 is 0. The average molecular weight is 363 g/mol. The van der Waals surface area contributed by atoms with Gasteiger partial charge in [0.25, 0.3) is 10.0 Å². The number of hydrogen-bond donors (Lipinski definition) is 1. The highest BCUT2D eigenvalue weighted by Crippen LogP contribution is 2.20. The summed E-state index contributed by atoms with van der Waals surface area (Å²) in [6.07, 6.45) is -0.0722. The van der Waals surface area contributed by atoms with Crippen LogP contribution in [0.1, 0.15) is 42.1 Å². The van der Waals surface area contributed by atoms with Gasteiger partial charge in [0.05, 0.1) is 4.90 Å². The van der Waals surface area contributed by atoms with Crippen molar-refractivity contribution in [3.05, 3.63) is 65.5 Å². The molecule has 2 rings (SSSR count). The molecule has 0 spiro atoms. The van der Waals surface area contributed by atoms with Gasteiger partial charge >= 0.3 is 0 Å². The summed E-state index contributed by atoms with van der Waals surface area (Å²) in [5, 5.41) is 0. The van der Waals surface area contributed by atoms with Crippen LogP contribution >= 0.6 is 0 Å². The first-order chi connectivity index (χ1) is 11.7. The topological polar surface area (TPSA) is 80.3 Å². The predicted molar refractivity (Wildman–Crippen MR) is 91.2 cm³/mol. The van der Waals surface area contributed by atoms with E-state index in [2.05, 4.69) is 0 Å². The number of rotatable bonds is 6. The predicted octanol–water partition coefficient (Wildman–Crippen LogP) is 3.03. The number of halogens is 1. The third kappa shape index (κ3) is 4.96. The van der Waals surface area contributed by atoms with Crippen LogP contribution in [-0.4, -0.2) is 20.1 Å². The van der Waals surface area contributed by atoms with Gasteiger partial charge in [0, 0.05) is 12.0 Å². The number of benzene rings is 2. The third-order valence-electron chi connectivity index (χ3n) is 3.73. The van der Waals surface area contributed by atoms with E-state index in [9.17, 15) is 22.4 Å². The SMILES string of the molecule is CC(=O)c1cccc(S(=O)(=O)NC(=O)CC(C)c2ccc(F)cc2)c1. The lowest BCUT2D eigenvalue weighted by Gasteiger charge is -2.12. The molecule has 7 heteroatoms. The Bertz CT molecular complexity index is 892. The maximum absolute atomic E-state index is 12.9. The zero-order valence-corrected chi connectivity index (χ0v) is 14.6. The lowest BCUT2D eigenvalue weighted by atomic mass is 9.98. The summed E-state index contributed by atoms with van der Waals surface area (Å²) in [5.41, 5.74) is 0.975. The molecule has 25 heavy (non-hydrogen) atoms. The average Bonchev–Trinajstić information content (AvgIpc) is 2.54. The molecule has 1 N–H and O–H groups in total. The standard InChI is InChI=1S/C18H18FNO4S/c1-12(14-6-8-16(19)9-7-14)10-18(22)20-25(23,24)17-5-3-4-15(11-17)13(2)21/h3-9,11-12H,10H2,1-2H3,(H,20,22). The number of ketones is 1. The van der Waals surface area contributed by atoms with Gasteiger partial charge in [0.2, 0.25) is 5.91 Å². The normalized spacial score (nSPS) is 12.4. The van der Waals surface area contributed by atoms with Gasteiger partial charge in [-0.15, -0.1) is 0 Å². The van der Waals surface area contributed by atoms with Crippen LogP contribution in [0.25, 0.3) is 0 Å². The van der Waals surface area contributed by atoms with Gasteiger partial charge in [0.1, 0.15) is 5.82 Å². The molecular weight excluding hydrogens is 345 g/mol. The Labute approximate surface area is 145 Å². The van der Waals surface area contributed by atoms with Crippen LogP contribution in [0.4, 0.5) is 4.39 Å². The second-order valence-corrected chi connectivity index (χ2v) is 7.45. The largest absolute Gasteiger partial charge is 0.295 e. The molecule has 0 aliphatic heterocycles. The van der Waals surface area contributed by atoms with Crippen LogP contribution in [-0.2, 0) is 14.8 Å². The second-order valence-electron chi connectivity index (χ2n) is 5.77. The molecule has 0 aromatic heterocycles. The van der Waals surface area contributed by atoms with Gasteiger partial charge in [-0.25, -0.2) is 17.5 Å². The molecule has 0 heterocycles. The minimum absolute atomic E-state index is 0.0722. The summed E-state index contributed by atoms with van der Waals surface area (Å²) in [7, 11) is -4.06. The molecule has 1 unspecified atom stereocenters. The Balaban J connectivity index is 2.09. The van der Waals surface area contributed by atoms with Crippen molar-refractivity contribution in [1.29, 1.82) is 0 Å². The fourth-order valence-electron chi connectivity index (χ4n) is 2.32. The Kier molecular flexibility index (Phi) is 5.69. The number of carbonyl (C=O) groups is 2. The first kappa shape index (κ1) is 18.8. The molecule has 5 nitrogen and oxygen atoms in total. The van der Waals surface area contributed by atoms with Crippen molar-refractivity contribution in [2.24, 2.45) is 0 Å². The smallest absolute Gasteiger partial charge is 0.264 e. The first-order valence-corrected chi connectivity index (χ1v) is 9.09. The molecule has 0 saturated carbocycles. The summed E-state index contributed by atoms with van der Waals surface area (Å²) in [5.74, 6) is -1.61. The lowest BCUT2D eigenvalue weighted by molar-refractivity contribution is -0.119. The Morgan fingerprint density at radius 3 is 2.36 bits per heavy atom. The minimum atomic E-state index is -4.06. The third-order valence-corrected chi connectivity index (χ3v) is 5.10. The highest BCUT2D eigenvalue weighted by molar-refractivity contribution is 7.90. The molecule has 0 saturated heterocycles. The molecule has 0 fully saturated rings. The zero-order chi connectivity index (χ0) is 18.6. The Morgan fingerprint density at radius 2 is 1.76 bits per heavy atom. The van der Waals surface area contributed by atoms with E-state index < -0.39 is 15.9 Å². The molecular formula is C18H18FNO4S. The van der Waals surface area contributed by atoms with Crippen molar-refractivity contribution < 1.29 is 22.4 Å². The number of amides is 1. The first-order valence-electron chi connectivity index (χ1n) is 7.61. The van der Waals surface area contributed by atoms with E-state index in [-0.39, 0.29) is 34.4 Å². The molecule has 0 bridgehead atoms. The van der Waals surface area contributed by atoms with Crippen LogP contribution in [0.3, 0.4) is 0 Å². The van der Waals surface area contributed by atoms with Crippen molar-refractivity contribution in [2.75, 3.05) is 0 Å². The van der Waals surface area contributed by atoms with Crippen LogP contribution in [0, 0.1) is 5.82 Å². The molecule has 0 aliphatic rings. The molecule has 2 aromatic rings. The molecule has 1 amide bonds. The molecule has 0 radical (unpaired) electrons. The maximum Gasteiger partial charge on any atom is 0.264 e. The monoisotopic (exact) mass is 363 g/mol. The van der Waals surface area contributed by atoms with E-state index in [4.69, 9.17) is 0 Å². The summed E-state index contributed by atoms with van der Waals surface area (Å²) in [6, 6.07) is 11.2. The number of sulfonamides is 1. The van der Waals surface area contributed by atoms with Gasteiger partial charge in [-0.1, -0.05) is 31.2 Å². The van der Waals surface area contributed by atoms with E-state index in [0.717, 1.165) is 5.56 Å². The molecule has 0 aliphatic carbocycles. The Hall–Kier alpha value is -2.54. The van der Waals surface area contributed by atoms with Crippen LogP contribution in [0.15, 0.2) is 53.4 Å². The number of nitrogens with one attached hydrogen (secondary N) is 1. The zero-order valence-electron chi connectivity index (χ0n) is 13.8. The minimum Gasteiger partial charge on any atom is -0.295 e. The fraction of sp³-hybridized carbons (Fsp3) is 0.222. The quantitative estimate of drug-likeness (QED) is 0.800. The van der Waals surface area contributed by atoms with E-state index in [1.165, 1.54) is 43.3 Å². The summed E-state index contributed by atoms with van der Waals surface area (Å²) < 4.78 is 39.5. The number of hydrogen-bond acceptors (Lipinski definition) is 4. The van der Waals surface area contributed by atoms with Gasteiger partial charge in [-0.05, 0) is 42.7 Å². The highest BCUT2D eigenvalue weighted by Gasteiger charge is 2.20. The van der Waals surface area contributed by atoms with Crippen LogP contribution < -0.4 is 4.72 Å². The van der Waals surface area contributed by atoms with Gasteiger partial charge in [0.15, 0.2) is 5.78 Å². The van der Waals surface area contributed by atoms with Gasteiger partial charge in [-0.3, -0.25) is 9.59 Å². The number of Topliss-reactive ketones (excluding diaryl/α,β-unsaturated/α-hetero) is 1. The van der Waals surface area contributed by atoms with Crippen molar-refractivity contribution in [2.45, 2.75) is 31.1 Å². The molecule has 132 valence electrons. The van der Waals surface area contributed by atoms with Crippen molar-refractivity contribution in [3.63, 3.8) is 0 Å². The van der Waals surface area contributed by atoms with Crippen molar-refractivity contribution in [3.8, 4) is 0 Å². The van der Waals surface area contributed by atoms with Crippen LogP contribution in [0.5, 0.6) is 0 Å². The van der Waals surface area contributed by atoms with Gasteiger partial charge in [-0.2, -0.15) is 0 Å². The molecule has 1 atom stereocenters. The molecule has 2 aromatic carbocycles. The van der Waals surface area contributed by atoms with Crippen molar-refractivity contribution in [1.82, 2.24) is 4.72 Å². The van der Waals surface area contributed by atoms with E-state index in [0.29, 0.717) is 0 Å². The lowest BCUT2D eigenvalue weighted by Crippen LogP contribution is -2.31. The summed E-state index contributed by atoms with van der Waals surface area (Å²) in [4.78, 5) is 23.3. The van der Waals surface area contributed by atoms with Crippen molar-refractivity contribution >= 4 is 21.7 Å². The van der Waals surface area contributed by atoms with Gasteiger partial charge < -0.3 is 0 Å². The van der Waals surface area contributed by atoms with E-state index in [1.807, 2.05) is 4.72 Å². The van der Waals surface area contributed by atoms with Crippen LogP contribution in [0.2, 0.25) is 0 Å². The Morgan fingerprint density at radius 1 is 1.12 bits per heavy atom. The highest BCUT2D eigenvalue weighted by atomic mass is 32.2.